The maximum atomic E-state index is 14.4. The Morgan fingerprint density at radius 3 is 2.42 bits per heavy atom. The second-order valence-corrected chi connectivity index (χ2v) is 10.4. The predicted molar refractivity (Wildman–Crippen MR) is 143 cm³/mol. The van der Waals surface area contributed by atoms with E-state index in [9.17, 15) is 13.6 Å². The first kappa shape index (κ1) is 25.3. The maximum absolute atomic E-state index is 14.4. The van der Waals surface area contributed by atoms with Crippen molar-refractivity contribution in [2.75, 3.05) is 0 Å². The normalized spacial score (nSPS) is 11.8. The van der Waals surface area contributed by atoms with Gasteiger partial charge >= 0.3 is 0 Å². The van der Waals surface area contributed by atoms with Crippen LogP contribution in [0.4, 0.5) is 8.78 Å². The third-order valence-electron chi connectivity index (χ3n) is 6.49. The van der Waals surface area contributed by atoms with Gasteiger partial charge in [-0.3, -0.25) is 9.20 Å². The molecular formula is C30H28F2N4O2. The largest absolute Gasteiger partial charge is 0.485 e. The number of ether oxygens (including phenoxy) is 1. The molecule has 0 atom stereocenters. The van der Waals surface area contributed by atoms with Gasteiger partial charge in [-0.2, -0.15) is 5.10 Å². The topological polar surface area (TPSA) is 61.4 Å². The third-order valence-corrected chi connectivity index (χ3v) is 6.49. The Kier molecular flexibility index (Phi) is 6.34. The fraction of sp³-hybridized carbons (Fsp3) is 0.233. The monoisotopic (exact) mass is 514 g/mol. The van der Waals surface area contributed by atoms with Gasteiger partial charge in [-0.05, 0) is 60.7 Å². The molecule has 0 aliphatic heterocycles. The highest BCUT2D eigenvalue weighted by atomic mass is 19.1. The van der Waals surface area contributed by atoms with Crippen molar-refractivity contribution >= 4 is 5.65 Å². The van der Waals surface area contributed by atoms with Crippen molar-refractivity contribution in [2.45, 2.75) is 46.6 Å². The van der Waals surface area contributed by atoms with Crippen LogP contribution >= 0.6 is 0 Å². The zero-order chi connectivity index (χ0) is 27.2. The van der Waals surface area contributed by atoms with E-state index in [1.165, 1.54) is 14.6 Å². The van der Waals surface area contributed by atoms with Crippen LogP contribution in [0.3, 0.4) is 0 Å². The minimum atomic E-state index is -0.621. The van der Waals surface area contributed by atoms with Gasteiger partial charge in [0.05, 0.1) is 11.3 Å². The molecule has 5 rings (SSSR count). The third kappa shape index (κ3) is 4.69. The maximum Gasteiger partial charge on any atom is 0.267 e. The second kappa shape index (κ2) is 9.52. The molecule has 0 saturated heterocycles. The van der Waals surface area contributed by atoms with E-state index >= 15 is 0 Å². The van der Waals surface area contributed by atoms with Gasteiger partial charge in [-0.1, -0.05) is 45.0 Å². The predicted octanol–water partition coefficient (Wildman–Crippen LogP) is 6.32. The lowest BCUT2D eigenvalue weighted by molar-refractivity contribution is 0.307. The molecule has 5 aromatic rings. The fourth-order valence-corrected chi connectivity index (χ4v) is 4.40. The summed E-state index contributed by atoms with van der Waals surface area (Å²) >= 11 is 0. The summed E-state index contributed by atoms with van der Waals surface area (Å²) in [5.41, 5.74) is 3.90. The van der Waals surface area contributed by atoms with Crippen LogP contribution in [0.25, 0.3) is 22.6 Å². The second-order valence-electron chi connectivity index (χ2n) is 10.4. The highest BCUT2D eigenvalue weighted by molar-refractivity contribution is 5.65. The number of benzene rings is 2. The number of pyridine rings is 1. The van der Waals surface area contributed by atoms with E-state index in [-0.39, 0.29) is 22.2 Å². The fourth-order valence-electron chi connectivity index (χ4n) is 4.40. The number of nitrogens with zero attached hydrogens (tertiary/aromatic N) is 4. The summed E-state index contributed by atoms with van der Waals surface area (Å²) in [6.45, 7) is 10.3. The van der Waals surface area contributed by atoms with Crippen LogP contribution in [0.5, 0.6) is 5.75 Å². The average molecular weight is 515 g/mol. The zero-order valence-electron chi connectivity index (χ0n) is 21.9. The summed E-state index contributed by atoms with van der Waals surface area (Å²) in [6.07, 6.45) is 1.62. The molecule has 8 heteroatoms. The van der Waals surface area contributed by atoms with Crippen molar-refractivity contribution < 1.29 is 13.5 Å². The van der Waals surface area contributed by atoms with Crippen LogP contribution in [0, 0.1) is 25.5 Å². The Labute approximate surface area is 219 Å². The van der Waals surface area contributed by atoms with Crippen LogP contribution in [0.15, 0.2) is 71.7 Å². The van der Waals surface area contributed by atoms with Gasteiger partial charge in [0.2, 0.25) is 0 Å². The minimum Gasteiger partial charge on any atom is -0.485 e. The van der Waals surface area contributed by atoms with Crippen molar-refractivity contribution in [3.8, 4) is 22.7 Å². The molecular weight excluding hydrogens is 486 g/mol. The van der Waals surface area contributed by atoms with E-state index in [2.05, 4.69) is 43.0 Å². The Bertz CT molecular complexity index is 1710. The molecule has 38 heavy (non-hydrogen) atoms. The summed E-state index contributed by atoms with van der Waals surface area (Å²) < 4.78 is 37.0. The summed E-state index contributed by atoms with van der Waals surface area (Å²) in [5, 5.41) is 4.43. The molecule has 3 heterocycles. The lowest BCUT2D eigenvalue weighted by Crippen LogP contribution is -2.19. The number of aryl methyl sites for hydroxylation is 2. The zero-order valence-corrected chi connectivity index (χ0v) is 21.9. The van der Waals surface area contributed by atoms with Gasteiger partial charge in [0, 0.05) is 18.0 Å². The molecule has 0 fully saturated rings. The standard InChI is InChI=1S/C30H28F2N4O2/c1-18-15-24(34-36(18)25-16-22(31)12-13-23(25)32)27-19(2)33-28-26(7-6-14-35(28)29(27)37)38-17-20-8-10-21(11-9-20)30(3,4)5/h6-16H,17H2,1-5H3. The molecule has 0 spiro atoms. The van der Waals surface area contributed by atoms with Crippen molar-refractivity contribution in [1.29, 1.82) is 0 Å². The van der Waals surface area contributed by atoms with Crippen molar-refractivity contribution in [2.24, 2.45) is 0 Å². The molecule has 6 nitrogen and oxygen atoms in total. The molecule has 0 saturated carbocycles. The molecule has 0 N–H and O–H groups in total. The van der Waals surface area contributed by atoms with Gasteiger partial charge in [0.25, 0.3) is 5.56 Å². The van der Waals surface area contributed by atoms with E-state index < -0.39 is 11.6 Å². The smallest absolute Gasteiger partial charge is 0.267 e. The van der Waals surface area contributed by atoms with Crippen LogP contribution < -0.4 is 10.3 Å². The van der Waals surface area contributed by atoms with Crippen molar-refractivity contribution in [3.05, 3.63) is 111 Å². The number of halogens is 2. The molecule has 0 unspecified atom stereocenters. The van der Waals surface area contributed by atoms with Crippen LogP contribution in [0.2, 0.25) is 0 Å². The van der Waals surface area contributed by atoms with Crippen molar-refractivity contribution in [1.82, 2.24) is 19.2 Å². The minimum absolute atomic E-state index is 0.0357. The van der Waals surface area contributed by atoms with Crippen LogP contribution in [0.1, 0.15) is 43.3 Å². The number of hydrogen-bond acceptors (Lipinski definition) is 4. The highest BCUT2D eigenvalue weighted by Crippen LogP contribution is 2.26. The summed E-state index contributed by atoms with van der Waals surface area (Å²) in [7, 11) is 0. The lowest BCUT2D eigenvalue weighted by atomic mass is 9.87. The molecule has 0 bridgehead atoms. The van der Waals surface area contributed by atoms with Gasteiger partial charge in [-0.25, -0.2) is 18.4 Å². The Morgan fingerprint density at radius 1 is 0.974 bits per heavy atom. The first-order valence-electron chi connectivity index (χ1n) is 12.3. The first-order valence-corrected chi connectivity index (χ1v) is 12.3. The number of rotatable bonds is 5. The molecule has 0 aliphatic carbocycles. The summed E-state index contributed by atoms with van der Waals surface area (Å²) in [4.78, 5) is 18.2. The highest BCUT2D eigenvalue weighted by Gasteiger charge is 2.20. The molecule has 0 radical (unpaired) electrons. The van der Waals surface area contributed by atoms with Gasteiger partial charge in [-0.15, -0.1) is 0 Å². The summed E-state index contributed by atoms with van der Waals surface area (Å²) in [5.74, 6) is -0.731. The molecule has 3 aromatic heterocycles. The van der Waals surface area contributed by atoms with Gasteiger partial charge in [0.1, 0.15) is 29.6 Å². The lowest BCUT2D eigenvalue weighted by Gasteiger charge is -2.19. The number of hydrogen-bond donors (Lipinski definition) is 0. The molecule has 0 aliphatic rings. The SMILES string of the molecule is Cc1nc2c(OCc3ccc(C(C)(C)C)cc3)cccn2c(=O)c1-c1cc(C)n(-c2cc(F)ccc2F)n1. The van der Waals surface area contributed by atoms with E-state index in [1.807, 2.05) is 12.1 Å². The van der Waals surface area contributed by atoms with Crippen LogP contribution in [-0.2, 0) is 12.0 Å². The van der Waals surface area contributed by atoms with Crippen LogP contribution in [-0.4, -0.2) is 19.2 Å². The van der Waals surface area contributed by atoms with E-state index in [0.717, 1.165) is 23.8 Å². The van der Waals surface area contributed by atoms with Gasteiger partial charge < -0.3 is 4.74 Å². The van der Waals surface area contributed by atoms with Crippen molar-refractivity contribution in [3.63, 3.8) is 0 Å². The molecule has 2 aromatic carbocycles. The van der Waals surface area contributed by atoms with E-state index in [0.29, 0.717) is 35.1 Å². The van der Waals surface area contributed by atoms with E-state index in [4.69, 9.17) is 4.74 Å². The number of fused-ring (bicyclic) bond motifs is 1. The molecule has 0 amide bonds. The number of aromatic nitrogens is 4. The summed E-state index contributed by atoms with van der Waals surface area (Å²) in [6, 6.07) is 16.6. The first-order chi connectivity index (χ1) is 18.0. The molecule has 194 valence electrons. The van der Waals surface area contributed by atoms with E-state index in [1.54, 1.807) is 38.2 Å². The van der Waals surface area contributed by atoms with Gasteiger partial charge in [0.15, 0.2) is 11.4 Å². The quantitative estimate of drug-likeness (QED) is 0.275. The Hall–Kier alpha value is -4.33. The Balaban J connectivity index is 1.50. The average Bonchev–Trinajstić information content (AvgIpc) is 3.24. The Morgan fingerprint density at radius 2 is 1.71 bits per heavy atom.